The van der Waals surface area contributed by atoms with Gasteiger partial charge in [-0.1, -0.05) is 13.8 Å². The van der Waals surface area contributed by atoms with Gasteiger partial charge in [0.1, 0.15) is 12.5 Å². The number of methoxy groups -OCH3 is 1. The Bertz CT molecular complexity index is 1220. The third kappa shape index (κ3) is 4.89. The smallest absolute Gasteiger partial charge is 0.336 e. The van der Waals surface area contributed by atoms with Crippen molar-refractivity contribution in [2.75, 3.05) is 32.0 Å². The molecule has 0 saturated carbocycles. The summed E-state index contributed by atoms with van der Waals surface area (Å²) in [6, 6.07) is 2.65. The second kappa shape index (κ2) is 10.8. The Labute approximate surface area is 217 Å². The lowest BCUT2D eigenvalue weighted by Gasteiger charge is -2.38. The SMILES string of the molecule is CCSCCOC(=O)C1=C(C)NC2=C(C(=O)[C@H](C(=O)OC)[C@H](C)C2)[C@H]1c1cc2c(cc1[N+](=O)[O-])OCO2. The molecule has 2 aliphatic heterocycles. The number of nitrogens with one attached hydrogen (secondary N) is 1. The zero-order chi connectivity index (χ0) is 26.9. The lowest BCUT2D eigenvalue weighted by Crippen LogP contribution is -2.43. The molecule has 1 N–H and O–H groups in total. The monoisotopic (exact) mass is 532 g/mol. The van der Waals surface area contributed by atoms with E-state index in [4.69, 9.17) is 18.9 Å². The van der Waals surface area contributed by atoms with Crippen molar-refractivity contribution in [2.24, 2.45) is 11.8 Å². The highest BCUT2D eigenvalue weighted by atomic mass is 32.2. The Kier molecular flexibility index (Phi) is 7.76. The van der Waals surface area contributed by atoms with Crippen LogP contribution in [0.2, 0.25) is 0 Å². The molecule has 1 aliphatic carbocycles. The van der Waals surface area contributed by atoms with Gasteiger partial charge >= 0.3 is 11.9 Å². The van der Waals surface area contributed by atoms with E-state index in [-0.39, 0.29) is 53.2 Å². The van der Waals surface area contributed by atoms with Gasteiger partial charge in [0, 0.05) is 28.3 Å². The number of benzene rings is 1. The van der Waals surface area contributed by atoms with Crippen molar-refractivity contribution in [3.63, 3.8) is 0 Å². The number of ether oxygens (including phenoxy) is 4. The van der Waals surface area contributed by atoms with E-state index < -0.39 is 34.5 Å². The third-order valence-corrected chi connectivity index (χ3v) is 7.52. The maximum Gasteiger partial charge on any atom is 0.336 e. The van der Waals surface area contributed by atoms with Crippen LogP contribution >= 0.6 is 11.8 Å². The van der Waals surface area contributed by atoms with E-state index in [0.29, 0.717) is 23.6 Å². The molecule has 12 heteroatoms. The third-order valence-electron chi connectivity index (χ3n) is 6.66. The highest BCUT2D eigenvalue weighted by Crippen LogP contribution is 2.50. The lowest BCUT2D eigenvalue weighted by molar-refractivity contribution is -0.385. The second-order valence-electron chi connectivity index (χ2n) is 8.89. The number of allylic oxidation sites excluding steroid dienone is 3. The molecule has 4 rings (SSSR count). The predicted octanol–water partition coefficient (Wildman–Crippen LogP) is 3.23. The molecule has 3 atom stereocenters. The van der Waals surface area contributed by atoms with Crippen LogP contribution in [-0.4, -0.2) is 54.7 Å². The second-order valence-corrected chi connectivity index (χ2v) is 10.3. The summed E-state index contributed by atoms with van der Waals surface area (Å²) in [4.78, 5) is 51.4. The lowest BCUT2D eigenvalue weighted by atomic mass is 9.69. The number of hydrogen-bond donors (Lipinski definition) is 1. The van der Waals surface area contributed by atoms with Gasteiger partial charge in [0.25, 0.3) is 5.69 Å². The molecular weight excluding hydrogens is 504 g/mol. The van der Waals surface area contributed by atoms with Crippen LogP contribution in [0.3, 0.4) is 0 Å². The number of dihydropyridines is 1. The standard InChI is InChI=1S/C25H28N2O9S/c1-5-37-7-6-34-25(30)20-13(3)26-15-8-12(2)19(24(29)33-4)23(28)22(15)21(20)14-9-17-18(36-11-35-17)10-16(14)27(31)32/h9-10,12,19,21,26H,5-8,11H2,1-4H3/t12-,19-,21+/m1/s1. The molecule has 37 heavy (non-hydrogen) atoms. The molecule has 0 amide bonds. The van der Waals surface area contributed by atoms with E-state index in [9.17, 15) is 24.5 Å². The minimum Gasteiger partial charge on any atom is -0.468 e. The van der Waals surface area contributed by atoms with Crippen LogP contribution in [0.1, 0.15) is 38.7 Å². The van der Waals surface area contributed by atoms with Gasteiger partial charge in [0.15, 0.2) is 17.3 Å². The number of fused-ring (bicyclic) bond motifs is 1. The normalized spacial score (nSPS) is 22.4. The van der Waals surface area contributed by atoms with E-state index in [0.717, 1.165) is 5.75 Å². The van der Waals surface area contributed by atoms with Gasteiger partial charge in [-0.3, -0.25) is 19.7 Å². The van der Waals surface area contributed by atoms with Crippen molar-refractivity contribution < 1.29 is 38.3 Å². The summed E-state index contributed by atoms with van der Waals surface area (Å²) >= 11 is 1.60. The molecule has 0 unspecified atom stereocenters. The van der Waals surface area contributed by atoms with E-state index in [1.54, 1.807) is 25.6 Å². The summed E-state index contributed by atoms with van der Waals surface area (Å²) in [6.45, 7) is 5.42. The van der Waals surface area contributed by atoms with Gasteiger partial charge in [-0.15, -0.1) is 0 Å². The van der Waals surface area contributed by atoms with Gasteiger partial charge in [-0.2, -0.15) is 11.8 Å². The van der Waals surface area contributed by atoms with Crippen molar-refractivity contribution in [1.29, 1.82) is 0 Å². The van der Waals surface area contributed by atoms with Crippen molar-refractivity contribution >= 4 is 35.2 Å². The highest BCUT2D eigenvalue weighted by Gasteiger charge is 2.49. The zero-order valence-electron chi connectivity index (χ0n) is 21.0. The Morgan fingerprint density at radius 1 is 1.27 bits per heavy atom. The van der Waals surface area contributed by atoms with Crippen molar-refractivity contribution in [2.45, 2.75) is 33.1 Å². The minimum atomic E-state index is -1.16. The Hall–Kier alpha value is -3.54. The fourth-order valence-corrected chi connectivity index (χ4v) is 5.50. The Balaban J connectivity index is 1.89. The molecule has 1 aromatic rings. The molecule has 1 aromatic carbocycles. The largest absolute Gasteiger partial charge is 0.468 e. The fraction of sp³-hybridized carbons (Fsp3) is 0.480. The fourth-order valence-electron chi connectivity index (χ4n) is 5.01. The predicted molar refractivity (Wildman–Crippen MR) is 133 cm³/mol. The van der Waals surface area contributed by atoms with Gasteiger partial charge in [-0.25, -0.2) is 4.79 Å². The van der Waals surface area contributed by atoms with E-state index in [2.05, 4.69) is 5.32 Å². The van der Waals surface area contributed by atoms with Gasteiger partial charge in [0.2, 0.25) is 6.79 Å². The van der Waals surface area contributed by atoms with Crippen LogP contribution in [0.5, 0.6) is 11.5 Å². The molecule has 3 aliphatic rings. The zero-order valence-corrected chi connectivity index (χ0v) is 21.8. The molecule has 198 valence electrons. The average molecular weight is 533 g/mol. The van der Waals surface area contributed by atoms with Crippen LogP contribution in [0, 0.1) is 22.0 Å². The number of carbonyl (C=O) groups is 3. The maximum absolute atomic E-state index is 13.8. The number of rotatable bonds is 8. The van der Waals surface area contributed by atoms with Crippen LogP contribution in [0.4, 0.5) is 5.69 Å². The summed E-state index contributed by atoms with van der Waals surface area (Å²) in [5.74, 6) is -2.74. The van der Waals surface area contributed by atoms with Crippen molar-refractivity contribution in [1.82, 2.24) is 5.32 Å². The van der Waals surface area contributed by atoms with Crippen LogP contribution < -0.4 is 14.8 Å². The van der Waals surface area contributed by atoms with E-state index >= 15 is 0 Å². The quantitative estimate of drug-likeness (QED) is 0.173. The van der Waals surface area contributed by atoms with E-state index in [1.807, 2.05) is 6.92 Å². The molecular formula is C25H28N2O9S. The number of Topliss-reactive ketones (excluding diaryl/α,β-unsaturated/α-hetero) is 1. The first-order valence-electron chi connectivity index (χ1n) is 11.8. The number of carbonyl (C=O) groups excluding carboxylic acids is 3. The first-order valence-corrected chi connectivity index (χ1v) is 13.0. The van der Waals surface area contributed by atoms with Gasteiger partial charge in [0.05, 0.1) is 29.6 Å². The van der Waals surface area contributed by atoms with Gasteiger partial charge in [-0.05, 0) is 31.1 Å². The van der Waals surface area contributed by atoms with Crippen LogP contribution in [0.25, 0.3) is 0 Å². The topological polar surface area (TPSA) is 143 Å². The van der Waals surface area contributed by atoms with Crippen molar-refractivity contribution in [3.8, 4) is 11.5 Å². The molecule has 0 aromatic heterocycles. The number of thioether (sulfide) groups is 1. The van der Waals surface area contributed by atoms with Crippen LogP contribution in [0.15, 0.2) is 34.7 Å². The molecule has 11 nitrogen and oxygen atoms in total. The molecule has 2 heterocycles. The highest BCUT2D eigenvalue weighted by molar-refractivity contribution is 7.99. The van der Waals surface area contributed by atoms with Crippen LogP contribution in [-0.2, 0) is 23.9 Å². The molecule has 0 radical (unpaired) electrons. The molecule has 0 bridgehead atoms. The summed E-state index contributed by atoms with van der Waals surface area (Å²) < 4.78 is 21.2. The Morgan fingerprint density at radius 2 is 1.97 bits per heavy atom. The van der Waals surface area contributed by atoms with Crippen molar-refractivity contribution in [3.05, 3.63) is 50.4 Å². The molecule has 0 saturated heterocycles. The summed E-state index contributed by atoms with van der Waals surface area (Å²) in [7, 11) is 1.20. The number of nitrogens with zero attached hydrogens (tertiary/aromatic N) is 1. The number of hydrogen-bond acceptors (Lipinski definition) is 11. The summed E-state index contributed by atoms with van der Waals surface area (Å²) in [6.07, 6.45) is 0.308. The summed E-state index contributed by atoms with van der Waals surface area (Å²) in [5.41, 5.74) is 0.822. The first-order chi connectivity index (χ1) is 17.7. The van der Waals surface area contributed by atoms with Gasteiger partial charge < -0.3 is 24.3 Å². The molecule has 0 spiro atoms. The maximum atomic E-state index is 13.8. The number of esters is 2. The molecule has 0 fully saturated rings. The average Bonchev–Trinajstić information content (AvgIpc) is 3.32. The number of nitro groups is 1. The number of ketones is 1. The number of nitro benzene ring substituents is 1. The first kappa shape index (κ1) is 26.5. The minimum absolute atomic E-state index is 0.0636. The Morgan fingerprint density at radius 3 is 2.62 bits per heavy atom. The van der Waals surface area contributed by atoms with E-state index in [1.165, 1.54) is 19.2 Å². The summed E-state index contributed by atoms with van der Waals surface area (Å²) in [5, 5.41) is 15.3.